The topological polar surface area (TPSA) is 109 Å². The van der Waals surface area contributed by atoms with E-state index in [1.807, 2.05) is 0 Å². The number of nitro groups is 1. The summed E-state index contributed by atoms with van der Waals surface area (Å²) in [6.07, 6.45) is 2.79. The molecule has 0 aliphatic carbocycles. The third kappa shape index (κ3) is 4.34. The first-order valence-corrected chi connectivity index (χ1v) is 7.39. The lowest BCUT2D eigenvalue weighted by Crippen LogP contribution is -2.24. The van der Waals surface area contributed by atoms with Crippen molar-refractivity contribution in [1.82, 2.24) is 5.32 Å². The van der Waals surface area contributed by atoms with Crippen LogP contribution in [0.4, 0.5) is 5.69 Å². The Morgan fingerprint density at radius 1 is 1.44 bits per heavy atom. The summed E-state index contributed by atoms with van der Waals surface area (Å²) in [4.78, 5) is 22.0. The van der Waals surface area contributed by atoms with Gasteiger partial charge in [-0.15, -0.1) is 6.58 Å². The molecule has 0 saturated heterocycles. The molecular weight excluding hydrogens is 346 g/mol. The lowest BCUT2D eigenvalue weighted by atomic mass is 10.1. The minimum absolute atomic E-state index is 0.127. The van der Waals surface area contributed by atoms with Gasteiger partial charge in [0.15, 0.2) is 0 Å². The van der Waals surface area contributed by atoms with Gasteiger partial charge in [0.1, 0.15) is 23.2 Å². The van der Waals surface area contributed by atoms with E-state index in [1.165, 1.54) is 30.4 Å². The second-order valence-electron chi connectivity index (χ2n) is 4.79. The average Bonchev–Trinajstić information content (AvgIpc) is 3.05. The number of nitrogens with one attached hydrogen (secondary N) is 1. The summed E-state index contributed by atoms with van der Waals surface area (Å²) in [6.45, 7) is 3.71. The fourth-order valence-corrected chi connectivity index (χ4v) is 2.21. The van der Waals surface area contributed by atoms with Crippen LogP contribution in [0.2, 0.25) is 5.02 Å². The van der Waals surface area contributed by atoms with Gasteiger partial charge in [-0.05, 0) is 18.2 Å². The number of furan rings is 1. The molecule has 7 nitrogen and oxygen atoms in total. The van der Waals surface area contributed by atoms with E-state index in [-0.39, 0.29) is 28.6 Å². The van der Waals surface area contributed by atoms with E-state index in [2.05, 4.69) is 11.9 Å². The SMILES string of the molecule is C=CCNC(=O)C(C#N)=Cc1ccc(-c2ccc([N+](=O)[O-])cc2Cl)o1. The van der Waals surface area contributed by atoms with E-state index < -0.39 is 10.8 Å². The highest BCUT2D eigenvalue weighted by molar-refractivity contribution is 6.33. The number of nitriles is 1. The molecule has 0 unspecified atom stereocenters. The van der Waals surface area contributed by atoms with Crippen molar-refractivity contribution in [2.24, 2.45) is 0 Å². The van der Waals surface area contributed by atoms with Crippen molar-refractivity contribution in [2.75, 3.05) is 6.54 Å². The smallest absolute Gasteiger partial charge is 0.270 e. The van der Waals surface area contributed by atoms with Crippen molar-refractivity contribution in [3.8, 4) is 17.4 Å². The minimum Gasteiger partial charge on any atom is -0.457 e. The van der Waals surface area contributed by atoms with E-state index in [4.69, 9.17) is 21.3 Å². The fraction of sp³-hybridized carbons (Fsp3) is 0.0588. The van der Waals surface area contributed by atoms with Gasteiger partial charge < -0.3 is 9.73 Å². The number of rotatable bonds is 6. The van der Waals surface area contributed by atoms with Crippen LogP contribution in [-0.4, -0.2) is 17.4 Å². The predicted molar refractivity (Wildman–Crippen MR) is 92.6 cm³/mol. The number of hydrogen-bond donors (Lipinski definition) is 1. The Balaban J connectivity index is 2.29. The number of carbonyl (C=O) groups is 1. The largest absolute Gasteiger partial charge is 0.457 e. The van der Waals surface area contributed by atoms with Crippen molar-refractivity contribution in [3.63, 3.8) is 0 Å². The third-order valence-electron chi connectivity index (χ3n) is 3.11. The van der Waals surface area contributed by atoms with Gasteiger partial charge in [-0.1, -0.05) is 17.7 Å². The van der Waals surface area contributed by atoms with Gasteiger partial charge in [-0.3, -0.25) is 14.9 Å². The molecule has 1 aromatic carbocycles. The molecule has 0 fully saturated rings. The van der Waals surface area contributed by atoms with Gasteiger partial charge in [-0.2, -0.15) is 5.26 Å². The van der Waals surface area contributed by atoms with Gasteiger partial charge in [0.2, 0.25) is 0 Å². The summed E-state index contributed by atoms with van der Waals surface area (Å²) in [5.74, 6) is 0.0818. The molecule has 0 atom stereocenters. The third-order valence-corrected chi connectivity index (χ3v) is 3.43. The maximum atomic E-state index is 11.8. The Hall–Kier alpha value is -3.37. The number of non-ortho nitro benzene ring substituents is 1. The van der Waals surface area contributed by atoms with Gasteiger partial charge in [-0.25, -0.2) is 0 Å². The number of nitro benzene ring substituents is 1. The molecule has 2 aromatic rings. The van der Waals surface area contributed by atoms with Crippen LogP contribution in [0, 0.1) is 21.4 Å². The second-order valence-corrected chi connectivity index (χ2v) is 5.20. The number of halogens is 1. The maximum absolute atomic E-state index is 11.8. The van der Waals surface area contributed by atoms with E-state index in [1.54, 1.807) is 18.2 Å². The maximum Gasteiger partial charge on any atom is 0.270 e. The van der Waals surface area contributed by atoms with Crippen molar-refractivity contribution in [1.29, 1.82) is 5.26 Å². The van der Waals surface area contributed by atoms with Gasteiger partial charge in [0.05, 0.1) is 9.95 Å². The van der Waals surface area contributed by atoms with Crippen LogP contribution in [-0.2, 0) is 4.79 Å². The summed E-state index contributed by atoms with van der Waals surface area (Å²) < 4.78 is 5.56. The van der Waals surface area contributed by atoms with E-state index in [9.17, 15) is 14.9 Å². The molecule has 1 N–H and O–H groups in total. The van der Waals surface area contributed by atoms with Crippen LogP contribution in [0.25, 0.3) is 17.4 Å². The van der Waals surface area contributed by atoms with Crippen LogP contribution in [0.15, 0.2) is 53.0 Å². The van der Waals surface area contributed by atoms with Crippen LogP contribution in [0.5, 0.6) is 0 Å². The quantitative estimate of drug-likeness (QED) is 0.278. The monoisotopic (exact) mass is 357 g/mol. The molecule has 2 rings (SSSR count). The number of hydrogen-bond acceptors (Lipinski definition) is 5. The number of nitrogens with zero attached hydrogens (tertiary/aromatic N) is 2. The summed E-state index contributed by atoms with van der Waals surface area (Å²) in [6, 6.07) is 8.94. The van der Waals surface area contributed by atoms with E-state index in [0.717, 1.165) is 0 Å². The fourth-order valence-electron chi connectivity index (χ4n) is 1.94. The minimum atomic E-state index is -0.549. The molecule has 0 aliphatic heterocycles. The normalized spacial score (nSPS) is 10.8. The highest BCUT2D eigenvalue weighted by Gasteiger charge is 2.14. The standard InChI is InChI=1S/C17H12ClN3O4/c1-2-7-20-17(22)11(10-19)8-13-4-6-16(25-13)14-5-3-12(21(23)24)9-15(14)18/h2-6,8-9H,1,7H2,(H,20,22). The molecule has 1 aromatic heterocycles. The Morgan fingerprint density at radius 2 is 2.20 bits per heavy atom. The molecule has 8 heteroatoms. The molecule has 1 amide bonds. The Kier molecular flexibility index (Phi) is 5.71. The van der Waals surface area contributed by atoms with Crippen molar-refractivity contribution >= 4 is 29.3 Å². The Labute approximate surface area is 148 Å². The van der Waals surface area contributed by atoms with Gasteiger partial charge >= 0.3 is 0 Å². The van der Waals surface area contributed by atoms with Crippen molar-refractivity contribution in [2.45, 2.75) is 0 Å². The molecule has 0 spiro atoms. The summed E-state index contributed by atoms with van der Waals surface area (Å²) in [5.41, 5.74) is 0.199. The van der Waals surface area contributed by atoms with Crippen molar-refractivity contribution in [3.05, 3.63) is 69.5 Å². The second kappa shape index (κ2) is 7.95. The number of amides is 1. The highest BCUT2D eigenvalue weighted by atomic mass is 35.5. The first-order chi connectivity index (χ1) is 12.0. The van der Waals surface area contributed by atoms with Crippen LogP contribution >= 0.6 is 11.6 Å². The zero-order valence-electron chi connectivity index (χ0n) is 12.9. The Bertz CT molecular complexity index is 909. The van der Waals surface area contributed by atoms with Crippen molar-refractivity contribution < 1.29 is 14.1 Å². The highest BCUT2D eigenvalue weighted by Crippen LogP contribution is 2.32. The van der Waals surface area contributed by atoms with Crippen LogP contribution in [0.1, 0.15) is 5.76 Å². The van der Waals surface area contributed by atoms with Crippen LogP contribution < -0.4 is 5.32 Å². The Morgan fingerprint density at radius 3 is 2.80 bits per heavy atom. The molecule has 0 bridgehead atoms. The number of carbonyl (C=O) groups excluding carboxylic acids is 1. The average molecular weight is 358 g/mol. The molecule has 126 valence electrons. The lowest BCUT2D eigenvalue weighted by Gasteiger charge is -2.01. The first-order valence-electron chi connectivity index (χ1n) is 7.01. The predicted octanol–water partition coefficient (Wildman–Crippen LogP) is 3.72. The number of benzene rings is 1. The summed E-state index contributed by atoms with van der Waals surface area (Å²) in [7, 11) is 0. The van der Waals surface area contributed by atoms with Crippen LogP contribution in [0.3, 0.4) is 0 Å². The van der Waals surface area contributed by atoms with E-state index in [0.29, 0.717) is 11.3 Å². The molecule has 0 aliphatic rings. The molecule has 25 heavy (non-hydrogen) atoms. The summed E-state index contributed by atoms with van der Waals surface area (Å²) in [5, 5.41) is 22.5. The van der Waals surface area contributed by atoms with Gasteiger partial charge in [0.25, 0.3) is 11.6 Å². The van der Waals surface area contributed by atoms with E-state index >= 15 is 0 Å². The molecule has 0 saturated carbocycles. The lowest BCUT2D eigenvalue weighted by molar-refractivity contribution is -0.384. The zero-order chi connectivity index (χ0) is 18.4. The van der Waals surface area contributed by atoms with Gasteiger partial charge in [0, 0.05) is 30.3 Å². The zero-order valence-corrected chi connectivity index (χ0v) is 13.6. The molecular formula is C17H12ClN3O4. The molecule has 0 radical (unpaired) electrons. The summed E-state index contributed by atoms with van der Waals surface area (Å²) >= 11 is 6.05. The first kappa shape index (κ1) is 18.0. The molecule has 1 heterocycles.